The SMILES string of the molecule is c1csc(-n2cc(-c3ccnc4ccccc34)cn2)c1. The first-order valence-corrected chi connectivity index (χ1v) is 7.22. The molecule has 3 aromatic heterocycles. The fourth-order valence-corrected chi connectivity index (χ4v) is 2.99. The summed E-state index contributed by atoms with van der Waals surface area (Å²) < 4.78 is 1.91. The van der Waals surface area contributed by atoms with E-state index in [-0.39, 0.29) is 0 Å². The molecule has 0 bridgehead atoms. The van der Waals surface area contributed by atoms with E-state index >= 15 is 0 Å². The molecule has 0 fully saturated rings. The Bertz CT molecular complexity index is 857. The Labute approximate surface area is 120 Å². The number of benzene rings is 1. The van der Waals surface area contributed by atoms with E-state index < -0.39 is 0 Å². The molecule has 0 N–H and O–H groups in total. The summed E-state index contributed by atoms with van der Waals surface area (Å²) in [5, 5.41) is 8.78. The predicted octanol–water partition coefficient (Wildman–Crippen LogP) is 4.15. The van der Waals surface area contributed by atoms with Crippen molar-refractivity contribution < 1.29 is 0 Å². The summed E-state index contributed by atoms with van der Waals surface area (Å²) in [7, 11) is 0. The van der Waals surface area contributed by atoms with Gasteiger partial charge in [-0.3, -0.25) is 4.98 Å². The summed E-state index contributed by atoms with van der Waals surface area (Å²) in [5.74, 6) is 0. The maximum absolute atomic E-state index is 4.45. The number of thiophene rings is 1. The number of aromatic nitrogens is 3. The van der Waals surface area contributed by atoms with Crippen LogP contribution in [0.5, 0.6) is 0 Å². The van der Waals surface area contributed by atoms with Crippen LogP contribution in [0.3, 0.4) is 0 Å². The quantitative estimate of drug-likeness (QED) is 0.551. The van der Waals surface area contributed by atoms with Gasteiger partial charge in [-0.05, 0) is 35.2 Å². The molecule has 0 aliphatic heterocycles. The average molecular weight is 277 g/mol. The molecule has 0 spiro atoms. The van der Waals surface area contributed by atoms with Gasteiger partial charge in [0.25, 0.3) is 0 Å². The lowest BCUT2D eigenvalue weighted by atomic mass is 10.0. The van der Waals surface area contributed by atoms with Gasteiger partial charge < -0.3 is 0 Å². The first kappa shape index (κ1) is 11.4. The Kier molecular flexibility index (Phi) is 2.60. The zero-order chi connectivity index (χ0) is 13.4. The highest BCUT2D eigenvalue weighted by Crippen LogP contribution is 2.27. The normalized spacial score (nSPS) is 11.0. The van der Waals surface area contributed by atoms with Crippen molar-refractivity contribution in [1.29, 1.82) is 0 Å². The van der Waals surface area contributed by atoms with E-state index in [0.717, 1.165) is 21.5 Å². The number of nitrogens with zero attached hydrogens (tertiary/aromatic N) is 3. The second-order valence-electron chi connectivity index (χ2n) is 4.50. The van der Waals surface area contributed by atoms with Crippen molar-refractivity contribution in [2.75, 3.05) is 0 Å². The highest BCUT2D eigenvalue weighted by Gasteiger charge is 2.07. The lowest BCUT2D eigenvalue weighted by Gasteiger charge is -2.02. The fourth-order valence-electron chi connectivity index (χ4n) is 2.33. The number of fused-ring (bicyclic) bond motifs is 1. The standard InChI is InChI=1S/C16H11N3S/c1-2-5-15-14(4-1)13(7-8-17-15)12-10-18-19(11-12)16-6-3-9-20-16/h1-11H. The molecular formula is C16H11N3S. The lowest BCUT2D eigenvalue weighted by molar-refractivity contribution is 0.898. The molecule has 0 aliphatic carbocycles. The van der Waals surface area contributed by atoms with Crippen molar-refractivity contribution in [3.8, 4) is 16.1 Å². The summed E-state index contributed by atoms with van der Waals surface area (Å²) in [6.45, 7) is 0. The lowest BCUT2D eigenvalue weighted by Crippen LogP contribution is -1.88. The number of para-hydroxylation sites is 1. The van der Waals surface area contributed by atoms with Gasteiger partial charge in [0.2, 0.25) is 0 Å². The molecular weight excluding hydrogens is 266 g/mol. The number of pyridine rings is 1. The first-order chi connectivity index (χ1) is 9.92. The molecule has 3 heterocycles. The smallest absolute Gasteiger partial charge is 0.117 e. The molecule has 4 heteroatoms. The molecule has 3 nitrogen and oxygen atoms in total. The second-order valence-corrected chi connectivity index (χ2v) is 5.43. The van der Waals surface area contributed by atoms with Crippen molar-refractivity contribution in [1.82, 2.24) is 14.8 Å². The van der Waals surface area contributed by atoms with Crippen molar-refractivity contribution in [3.63, 3.8) is 0 Å². The van der Waals surface area contributed by atoms with Crippen LogP contribution < -0.4 is 0 Å². The summed E-state index contributed by atoms with van der Waals surface area (Å²) in [6, 6.07) is 14.3. The van der Waals surface area contributed by atoms with Gasteiger partial charge in [0.1, 0.15) is 5.00 Å². The van der Waals surface area contributed by atoms with Gasteiger partial charge in [-0.15, -0.1) is 11.3 Å². The molecule has 0 saturated heterocycles. The topological polar surface area (TPSA) is 30.7 Å². The van der Waals surface area contributed by atoms with Crippen LogP contribution in [0.1, 0.15) is 0 Å². The molecule has 0 amide bonds. The first-order valence-electron chi connectivity index (χ1n) is 6.34. The van der Waals surface area contributed by atoms with E-state index in [1.807, 2.05) is 47.4 Å². The van der Waals surface area contributed by atoms with Crippen molar-refractivity contribution in [2.45, 2.75) is 0 Å². The molecule has 0 unspecified atom stereocenters. The van der Waals surface area contributed by atoms with E-state index in [9.17, 15) is 0 Å². The summed E-state index contributed by atoms with van der Waals surface area (Å²) in [6.07, 6.45) is 5.81. The second kappa shape index (κ2) is 4.58. The van der Waals surface area contributed by atoms with Gasteiger partial charge >= 0.3 is 0 Å². The van der Waals surface area contributed by atoms with E-state index in [4.69, 9.17) is 0 Å². The van der Waals surface area contributed by atoms with E-state index in [2.05, 4.69) is 33.8 Å². The van der Waals surface area contributed by atoms with Gasteiger partial charge in [0.05, 0.1) is 11.7 Å². The van der Waals surface area contributed by atoms with E-state index in [1.165, 1.54) is 5.56 Å². The van der Waals surface area contributed by atoms with Crippen LogP contribution in [0.4, 0.5) is 0 Å². The van der Waals surface area contributed by atoms with Crippen molar-refractivity contribution >= 4 is 22.2 Å². The number of rotatable bonds is 2. The van der Waals surface area contributed by atoms with E-state index in [0.29, 0.717) is 0 Å². The predicted molar refractivity (Wildman–Crippen MR) is 82.2 cm³/mol. The largest absolute Gasteiger partial charge is 0.256 e. The zero-order valence-corrected chi connectivity index (χ0v) is 11.4. The minimum absolute atomic E-state index is 1.01. The van der Waals surface area contributed by atoms with Gasteiger partial charge in [-0.2, -0.15) is 5.10 Å². The summed E-state index contributed by atoms with van der Waals surface area (Å²) >= 11 is 1.68. The Morgan fingerprint density at radius 3 is 2.85 bits per heavy atom. The number of hydrogen-bond acceptors (Lipinski definition) is 3. The van der Waals surface area contributed by atoms with Crippen LogP contribution in [-0.2, 0) is 0 Å². The Morgan fingerprint density at radius 1 is 1.00 bits per heavy atom. The monoisotopic (exact) mass is 277 g/mol. The van der Waals surface area contributed by atoms with Gasteiger partial charge in [0, 0.05) is 23.3 Å². The third-order valence-electron chi connectivity index (χ3n) is 3.27. The molecule has 0 radical (unpaired) electrons. The Balaban J connectivity index is 1.88. The molecule has 0 aliphatic rings. The molecule has 4 rings (SSSR count). The molecule has 1 aromatic carbocycles. The van der Waals surface area contributed by atoms with Crippen LogP contribution in [-0.4, -0.2) is 14.8 Å². The van der Waals surface area contributed by atoms with Crippen molar-refractivity contribution in [3.05, 3.63) is 66.4 Å². The molecule has 20 heavy (non-hydrogen) atoms. The minimum atomic E-state index is 1.01. The average Bonchev–Trinajstić information content (AvgIpc) is 3.17. The molecule has 0 saturated carbocycles. The van der Waals surface area contributed by atoms with Crippen LogP contribution in [0, 0.1) is 0 Å². The minimum Gasteiger partial charge on any atom is -0.256 e. The van der Waals surface area contributed by atoms with Crippen LogP contribution in [0.25, 0.3) is 27.0 Å². The maximum Gasteiger partial charge on any atom is 0.117 e. The van der Waals surface area contributed by atoms with Gasteiger partial charge in [-0.25, -0.2) is 4.68 Å². The Hall–Kier alpha value is -2.46. The third kappa shape index (κ3) is 1.82. The van der Waals surface area contributed by atoms with Crippen LogP contribution >= 0.6 is 11.3 Å². The van der Waals surface area contributed by atoms with E-state index in [1.54, 1.807) is 11.3 Å². The zero-order valence-electron chi connectivity index (χ0n) is 10.6. The van der Waals surface area contributed by atoms with Crippen molar-refractivity contribution in [2.24, 2.45) is 0 Å². The fraction of sp³-hybridized carbons (Fsp3) is 0. The molecule has 0 atom stereocenters. The third-order valence-corrected chi connectivity index (χ3v) is 4.13. The Morgan fingerprint density at radius 2 is 1.95 bits per heavy atom. The molecule has 4 aromatic rings. The summed E-state index contributed by atoms with van der Waals surface area (Å²) in [5.41, 5.74) is 3.28. The molecule has 96 valence electrons. The van der Waals surface area contributed by atoms with Gasteiger partial charge in [0.15, 0.2) is 0 Å². The van der Waals surface area contributed by atoms with Crippen LogP contribution in [0.2, 0.25) is 0 Å². The number of hydrogen-bond donors (Lipinski definition) is 0. The van der Waals surface area contributed by atoms with Crippen LogP contribution in [0.15, 0.2) is 66.4 Å². The highest BCUT2D eigenvalue weighted by atomic mass is 32.1. The highest BCUT2D eigenvalue weighted by molar-refractivity contribution is 7.12. The summed E-state index contributed by atoms with van der Waals surface area (Å²) in [4.78, 5) is 4.40. The van der Waals surface area contributed by atoms with Gasteiger partial charge in [-0.1, -0.05) is 18.2 Å². The maximum atomic E-state index is 4.45.